The summed E-state index contributed by atoms with van der Waals surface area (Å²) >= 11 is 12.0. The summed E-state index contributed by atoms with van der Waals surface area (Å²) in [6.45, 7) is 0. The van der Waals surface area contributed by atoms with Crippen LogP contribution in [0.2, 0.25) is 5.02 Å². The predicted molar refractivity (Wildman–Crippen MR) is 63.2 cm³/mol. The molecule has 0 saturated heterocycles. The minimum atomic E-state index is -1.22. The first-order chi connectivity index (χ1) is 7.10. The summed E-state index contributed by atoms with van der Waals surface area (Å²) < 4.78 is 0. The number of aliphatic hydroxyl groups is 1. The number of hydrogen-bond donors (Lipinski definition) is 1. The lowest BCUT2D eigenvalue weighted by Crippen LogP contribution is -2.27. The van der Waals surface area contributed by atoms with Crippen molar-refractivity contribution in [3.63, 3.8) is 0 Å². The third-order valence-electron chi connectivity index (χ3n) is 3.15. The molecular weight excluding hydrogens is 231 g/mol. The molecule has 1 aliphatic rings. The minimum absolute atomic E-state index is 0.167. The molecule has 1 aromatic rings. The average Bonchev–Trinajstić information content (AvgIpc) is 2.71. The first kappa shape index (κ1) is 11.3. The second kappa shape index (κ2) is 4.32. The van der Waals surface area contributed by atoms with E-state index in [0.717, 1.165) is 31.2 Å². The van der Waals surface area contributed by atoms with Crippen LogP contribution in [0.5, 0.6) is 0 Å². The van der Waals surface area contributed by atoms with Crippen LogP contribution >= 0.6 is 23.2 Å². The van der Waals surface area contributed by atoms with Crippen LogP contribution in [0, 0.1) is 5.92 Å². The Kier molecular flexibility index (Phi) is 3.24. The van der Waals surface area contributed by atoms with Gasteiger partial charge in [-0.1, -0.05) is 48.2 Å². The van der Waals surface area contributed by atoms with E-state index in [2.05, 4.69) is 0 Å². The summed E-state index contributed by atoms with van der Waals surface area (Å²) in [5.74, 6) is 0.167. The van der Waals surface area contributed by atoms with Crippen LogP contribution in [0.3, 0.4) is 0 Å². The molecule has 0 bridgehead atoms. The van der Waals surface area contributed by atoms with Crippen LogP contribution < -0.4 is 0 Å². The third kappa shape index (κ3) is 2.30. The summed E-state index contributed by atoms with van der Waals surface area (Å²) in [6, 6.07) is 7.12. The van der Waals surface area contributed by atoms with Gasteiger partial charge >= 0.3 is 0 Å². The van der Waals surface area contributed by atoms with Crippen molar-refractivity contribution in [1.82, 2.24) is 0 Å². The van der Waals surface area contributed by atoms with E-state index in [-0.39, 0.29) is 5.92 Å². The van der Waals surface area contributed by atoms with Crippen LogP contribution in [0.4, 0.5) is 0 Å². The van der Waals surface area contributed by atoms with Gasteiger partial charge in [-0.3, -0.25) is 0 Å². The molecule has 2 rings (SSSR count). The first-order valence-corrected chi connectivity index (χ1v) is 6.03. The second-order valence-corrected chi connectivity index (χ2v) is 5.17. The highest BCUT2D eigenvalue weighted by Gasteiger charge is 2.37. The molecule has 3 heteroatoms. The summed E-state index contributed by atoms with van der Waals surface area (Å²) in [4.78, 5) is 0. The number of hydrogen-bond acceptors (Lipinski definition) is 1. The summed E-state index contributed by atoms with van der Waals surface area (Å²) in [5, 5.41) is 9.74. The van der Waals surface area contributed by atoms with Crippen molar-refractivity contribution in [2.75, 3.05) is 0 Å². The molecule has 1 atom stereocenters. The summed E-state index contributed by atoms with van der Waals surface area (Å²) in [7, 11) is 0. The number of halogens is 2. The van der Waals surface area contributed by atoms with E-state index < -0.39 is 5.06 Å². The van der Waals surface area contributed by atoms with Crippen LogP contribution in [0.15, 0.2) is 24.3 Å². The molecule has 0 unspecified atom stereocenters. The van der Waals surface area contributed by atoms with Crippen molar-refractivity contribution < 1.29 is 5.11 Å². The smallest absolute Gasteiger partial charge is 0.167 e. The predicted octanol–water partition coefficient (Wildman–Crippen LogP) is 3.91. The van der Waals surface area contributed by atoms with Gasteiger partial charge in [0, 0.05) is 10.9 Å². The van der Waals surface area contributed by atoms with Crippen LogP contribution in [0.25, 0.3) is 0 Å². The van der Waals surface area contributed by atoms with E-state index in [9.17, 15) is 5.11 Å². The standard InChI is InChI=1S/C12H14Cl2O/c13-11-7-5-10(6-8-11)12(14,15)9-3-1-2-4-9/h5-9,15H,1-4H2/t12-/m1/s1. The zero-order valence-corrected chi connectivity index (χ0v) is 9.93. The van der Waals surface area contributed by atoms with Crippen LogP contribution in [-0.2, 0) is 5.06 Å². The van der Waals surface area contributed by atoms with Gasteiger partial charge in [-0.15, -0.1) is 0 Å². The Balaban J connectivity index is 2.23. The highest BCUT2D eigenvalue weighted by molar-refractivity contribution is 6.30. The number of benzene rings is 1. The van der Waals surface area contributed by atoms with E-state index >= 15 is 0 Å². The van der Waals surface area contributed by atoms with Gasteiger partial charge in [-0.25, -0.2) is 0 Å². The molecular formula is C12H14Cl2O. The Morgan fingerprint density at radius 3 is 2.20 bits per heavy atom. The topological polar surface area (TPSA) is 20.2 Å². The van der Waals surface area contributed by atoms with E-state index in [1.165, 1.54) is 0 Å². The highest BCUT2D eigenvalue weighted by atomic mass is 35.5. The second-order valence-electron chi connectivity index (χ2n) is 4.16. The maximum atomic E-state index is 10.3. The third-order valence-corrected chi connectivity index (χ3v) is 3.92. The molecule has 1 fully saturated rings. The van der Waals surface area contributed by atoms with Crippen LogP contribution in [-0.4, -0.2) is 5.11 Å². The molecule has 0 radical (unpaired) electrons. The Hall–Kier alpha value is -0.240. The number of alkyl halides is 1. The van der Waals surface area contributed by atoms with Crippen LogP contribution in [0.1, 0.15) is 31.2 Å². The maximum Gasteiger partial charge on any atom is 0.167 e. The molecule has 0 aromatic heterocycles. The van der Waals surface area contributed by atoms with E-state index in [1.54, 1.807) is 24.3 Å². The molecule has 0 spiro atoms. The van der Waals surface area contributed by atoms with Crippen molar-refractivity contribution in [3.8, 4) is 0 Å². The van der Waals surface area contributed by atoms with Crippen molar-refractivity contribution in [2.45, 2.75) is 30.7 Å². The van der Waals surface area contributed by atoms with E-state index in [1.807, 2.05) is 0 Å². The molecule has 1 aliphatic carbocycles. The largest absolute Gasteiger partial charge is 0.371 e. The van der Waals surface area contributed by atoms with Crippen molar-refractivity contribution in [2.24, 2.45) is 5.92 Å². The van der Waals surface area contributed by atoms with Gasteiger partial charge < -0.3 is 5.11 Å². The summed E-state index contributed by atoms with van der Waals surface area (Å²) in [6.07, 6.45) is 4.33. The normalized spacial score (nSPS) is 21.5. The fourth-order valence-corrected chi connectivity index (χ4v) is 2.70. The lowest BCUT2D eigenvalue weighted by molar-refractivity contribution is 0.0636. The molecule has 0 amide bonds. The van der Waals surface area contributed by atoms with Gasteiger partial charge in [0.05, 0.1) is 0 Å². The fraction of sp³-hybridized carbons (Fsp3) is 0.500. The zero-order chi connectivity index (χ0) is 10.9. The molecule has 1 nitrogen and oxygen atoms in total. The highest BCUT2D eigenvalue weighted by Crippen LogP contribution is 2.43. The van der Waals surface area contributed by atoms with E-state index in [4.69, 9.17) is 23.2 Å². The van der Waals surface area contributed by atoms with Crippen molar-refractivity contribution >= 4 is 23.2 Å². The van der Waals surface area contributed by atoms with Crippen molar-refractivity contribution in [3.05, 3.63) is 34.9 Å². The zero-order valence-electron chi connectivity index (χ0n) is 8.42. The average molecular weight is 245 g/mol. The molecule has 0 heterocycles. The first-order valence-electron chi connectivity index (χ1n) is 5.28. The van der Waals surface area contributed by atoms with Crippen molar-refractivity contribution in [1.29, 1.82) is 0 Å². The molecule has 1 saturated carbocycles. The Morgan fingerprint density at radius 1 is 1.13 bits per heavy atom. The number of rotatable bonds is 2. The molecule has 15 heavy (non-hydrogen) atoms. The Morgan fingerprint density at radius 2 is 1.67 bits per heavy atom. The van der Waals surface area contributed by atoms with Gasteiger partial charge in [-0.2, -0.15) is 0 Å². The lowest BCUT2D eigenvalue weighted by Gasteiger charge is -2.27. The Bertz CT molecular complexity index is 326. The molecule has 0 aliphatic heterocycles. The molecule has 1 N–H and O–H groups in total. The van der Waals surface area contributed by atoms with Gasteiger partial charge in [0.15, 0.2) is 5.06 Å². The quantitative estimate of drug-likeness (QED) is 0.783. The monoisotopic (exact) mass is 244 g/mol. The molecule has 82 valence electrons. The van der Waals surface area contributed by atoms with Gasteiger partial charge in [0.1, 0.15) is 0 Å². The van der Waals surface area contributed by atoms with Gasteiger partial charge in [-0.05, 0) is 30.5 Å². The summed E-state index contributed by atoms with van der Waals surface area (Å²) in [5.41, 5.74) is 0.750. The maximum absolute atomic E-state index is 10.3. The van der Waals surface area contributed by atoms with E-state index in [0.29, 0.717) is 5.02 Å². The van der Waals surface area contributed by atoms with Gasteiger partial charge in [0.25, 0.3) is 0 Å². The SMILES string of the molecule is O[C@@](Cl)(c1ccc(Cl)cc1)C1CCCC1. The fourth-order valence-electron chi connectivity index (χ4n) is 2.23. The minimum Gasteiger partial charge on any atom is -0.371 e. The Labute approximate surface area is 100 Å². The lowest BCUT2D eigenvalue weighted by atomic mass is 9.94. The molecule has 1 aromatic carbocycles. The van der Waals surface area contributed by atoms with Gasteiger partial charge in [0.2, 0.25) is 0 Å².